The van der Waals surface area contributed by atoms with Gasteiger partial charge in [-0.2, -0.15) is 5.10 Å². The molecule has 0 atom stereocenters. The molecule has 0 spiro atoms. The van der Waals surface area contributed by atoms with Gasteiger partial charge < -0.3 is 4.52 Å². The number of anilines is 1. The maximum absolute atomic E-state index is 12.2. The lowest BCUT2D eigenvalue weighted by Gasteiger charge is -2.04. The minimum absolute atomic E-state index is 0.162. The number of nitrogens with zero attached hydrogens (tertiary/aromatic N) is 3. The molecule has 0 aliphatic carbocycles. The van der Waals surface area contributed by atoms with Gasteiger partial charge in [0.15, 0.2) is 5.82 Å². The Balaban J connectivity index is 2.43. The zero-order valence-electron chi connectivity index (χ0n) is 10.6. The molecule has 0 radical (unpaired) electrons. The molecule has 0 saturated heterocycles. The van der Waals surface area contributed by atoms with Gasteiger partial charge in [0, 0.05) is 13.1 Å². The van der Waals surface area contributed by atoms with Gasteiger partial charge in [-0.05, 0) is 20.8 Å². The monoisotopic (exact) mass is 270 g/mol. The highest BCUT2D eigenvalue weighted by atomic mass is 32.2. The van der Waals surface area contributed by atoms with Crippen molar-refractivity contribution in [2.24, 2.45) is 7.05 Å². The van der Waals surface area contributed by atoms with E-state index in [0.717, 1.165) is 0 Å². The number of hydrogen-bond donors (Lipinski definition) is 1. The Morgan fingerprint density at radius 3 is 2.44 bits per heavy atom. The van der Waals surface area contributed by atoms with Gasteiger partial charge in [0.25, 0.3) is 10.0 Å². The smallest absolute Gasteiger partial charge is 0.266 e. The van der Waals surface area contributed by atoms with E-state index < -0.39 is 10.0 Å². The minimum atomic E-state index is -3.70. The number of nitrogens with one attached hydrogen (secondary N) is 1. The standard InChI is InChI=1S/C10H14N4O3S/c1-6-5-9(12-17-6)13-18(15,16)10-7(2)11-14(4)8(10)3/h5H,1-4H3,(H,12,13). The molecule has 7 nitrogen and oxygen atoms in total. The maximum Gasteiger partial charge on any atom is 0.266 e. The number of rotatable bonds is 3. The van der Waals surface area contributed by atoms with Gasteiger partial charge in [0.05, 0.1) is 11.4 Å². The van der Waals surface area contributed by atoms with Crippen LogP contribution >= 0.6 is 0 Å². The fourth-order valence-electron chi connectivity index (χ4n) is 1.75. The zero-order chi connectivity index (χ0) is 13.5. The summed E-state index contributed by atoms with van der Waals surface area (Å²) < 4.78 is 33.1. The van der Waals surface area contributed by atoms with E-state index in [2.05, 4.69) is 15.0 Å². The average Bonchev–Trinajstić information content (AvgIpc) is 2.72. The first-order chi connectivity index (χ1) is 8.31. The van der Waals surface area contributed by atoms with Crippen LogP contribution in [0, 0.1) is 20.8 Å². The van der Waals surface area contributed by atoms with Gasteiger partial charge in [0.2, 0.25) is 0 Å². The summed E-state index contributed by atoms with van der Waals surface area (Å²) in [4.78, 5) is 0.172. The highest BCUT2D eigenvalue weighted by Crippen LogP contribution is 2.21. The third-order valence-corrected chi connectivity index (χ3v) is 4.18. The molecule has 0 bridgehead atoms. The van der Waals surface area contributed by atoms with Crippen LogP contribution < -0.4 is 4.72 Å². The van der Waals surface area contributed by atoms with Crippen LogP contribution in [0.4, 0.5) is 5.82 Å². The second-order valence-corrected chi connectivity index (χ2v) is 5.67. The van der Waals surface area contributed by atoms with Crippen LogP contribution in [0.1, 0.15) is 17.1 Å². The predicted octanol–water partition coefficient (Wildman–Crippen LogP) is 1.13. The lowest BCUT2D eigenvalue weighted by atomic mass is 10.4. The minimum Gasteiger partial charge on any atom is -0.360 e. The summed E-state index contributed by atoms with van der Waals surface area (Å²) in [6.45, 7) is 5.03. The second-order valence-electron chi connectivity index (χ2n) is 4.05. The van der Waals surface area contributed by atoms with Crippen molar-refractivity contribution in [2.75, 3.05) is 4.72 Å². The first kappa shape index (κ1) is 12.6. The van der Waals surface area contributed by atoms with Gasteiger partial charge in [-0.1, -0.05) is 5.16 Å². The van der Waals surface area contributed by atoms with E-state index >= 15 is 0 Å². The highest BCUT2D eigenvalue weighted by molar-refractivity contribution is 7.92. The highest BCUT2D eigenvalue weighted by Gasteiger charge is 2.24. The number of aryl methyl sites for hydroxylation is 3. The Bertz CT molecular complexity index is 684. The van der Waals surface area contributed by atoms with Crippen molar-refractivity contribution in [2.45, 2.75) is 25.7 Å². The zero-order valence-corrected chi connectivity index (χ0v) is 11.4. The fourth-order valence-corrected chi connectivity index (χ4v) is 3.17. The van der Waals surface area contributed by atoms with Crippen molar-refractivity contribution >= 4 is 15.8 Å². The van der Waals surface area contributed by atoms with Crippen molar-refractivity contribution in [1.29, 1.82) is 0 Å². The maximum atomic E-state index is 12.2. The quantitative estimate of drug-likeness (QED) is 0.903. The summed E-state index contributed by atoms with van der Waals surface area (Å²) in [7, 11) is -2.00. The van der Waals surface area contributed by atoms with Gasteiger partial charge in [-0.15, -0.1) is 0 Å². The van der Waals surface area contributed by atoms with Crippen molar-refractivity contribution in [3.05, 3.63) is 23.2 Å². The van der Waals surface area contributed by atoms with E-state index in [-0.39, 0.29) is 10.7 Å². The molecule has 18 heavy (non-hydrogen) atoms. The summed E-state index contributed by atoms with van der Waals surface area (Å²) in [5.41, 5.74) is 1.02. The summed E-state index contributed by atoms with van der Waals surface area (Å²) in [5, 5.41) is 7.68. The van der Waals surface area contributed by atoms with E-state index in [1.54, 1.807) is 27.8 Å². The van der Waals surface area contributed by atoms with E-state index in [9.17, 15) is 8.42 Å². The number of aromatic nitrogens is 3. The number of hydrogen-bond acceptors (Lipinski definition) is 5. The van der Waals surface area contributed by atoms with E-state index in [4.69, 9.17) is 4.52 Å². The molecule has 0 aliphatic rings. The van der Waals surface area contributed by atoms with Crippen molar-refractivity contribution in [1.82, 2.24) is 14.9 Å². The van der Waals surface area contributed by atoms with Crippen LogP contribution in [0.15, 0.2) is 15.5 Å². The van der Waals surface area contributed by atoms with Gasteiger partial charge in [0.1, 0.15) is 10.7 Å². The second kappa shape index (κ2) is 4.13. The average molecular weight is 270 g/mol. The Morgan fingerprint density at radius 1 is 1.33 bits per heavy atom. The third-order valence-electron chi connectivity index (χ3n) is 2.58. The van der Waals surface area contributed by atoms with E-state index in [1.807, 2.05) is 0 Å². The molecule has 2 heterocycles. The lowest BCUT2D eigenvalue weighted by molar-refractivity contribution is 0.400. The normalized spacial score (nSPS) is 11.8. The lowest BCUT2D eigenvalue weighted by Crippen LogP contribution is -2.15. The van der Waals surface area contributed by atoms with Crippen molar-refractivity contribution < 1.29 is 12.9 Å². The van der Waals surface area contributed by atoms with Gasteiger partial charge >= 0.3 is 0 Å². The predicted molar refractivity (Wildman–Crippen MR) is 64.7 cm³/mol. The Labute approximate surface area is 105 Å². The number of sulfonamides is 1. The molecular formula is C10H14N4O3S. The van der Waals surface area contributed by atoms with Crippen LogP contribution in [0.2, 0.25) is 0 Å². The molecule has 2 aromatic heterocycles. The van der Waals surface area contributed by atoms with Gasteiger partial charge in [-0.3, -0.25) is 9.40 Å². The molecule has 0 fully saturated rings. The Kier molecular flexibility index (Phi) is 2.89. The largest absolute Gasteiger partial charge is 0.360 e. The topological polar surface area (TPSA) is 90.0 Å². The van der Waals surface area contributed by atoms with E-state index in [0.29, 0.717) is 17.1 Å². The van der Waals surface area contributed by atoms with Gasteiger partial charge in [-0.25, -0.2) is 8.42 Å². The molecule has 2 aromatic rings. The third kappa shape index (κ3) is 2.10. The molecule has 0 aromatic carbocycles. The molecule has 2 rings (SSSR count). The molecule has 8 heteroatoms. The molecular weight excluding hydrogens is 256 g/mol. The molecule has 98 valence electrons. The molecule has 0 saturated carbocycles. The summed E-state index contributed by atoms with van der Waals surface area (Å²) in [6, 6.07) is 1.51. The van der Waals surface area contributed by atoms with Crippen LogP contribution in [0.25, 0.3) is 0 Å². The summed E-state index contributed by atoms with van der Waals surface area (Å²) in [5.74, 6) is 0.697. The first-order valence-electron chi connectivity index (χ1n) is 5.27. The van der Waals surface area contributed by atoms with Crippen LogP contribution in [-0.2, 0) is 17.1 Å². The summed E-state index contributed by atoms with van der Waals surface area (Å²) in [6.07, 6.45) is 0. The van der Waals surface area contributed by atoms with Crippen molar-refractivity contribution in [3.63, 3.8) is 0 Å². The molecule has 0 aliphatic heterocycles. The van der Waals surface area contributed by atoms with E-state index in [1.165, 1.54) is 10.7 Å². The fraction of sp³-hybridized carbons (Fsp3) is 0.400. The molecule has 0 unspecified atom stereocenters. The molecule has 1 N–H and O–H groups in total. The van der Waals surface area contributed by atoms with Crippen LogP contribution in [-0.4, -0.2) is 23.4 Å². The Morgan fingerprint density at radius 2 is 2.00 bits per heavy atom. The van der Waals surface area contributed by atoms with Crippen LogP contribution in [0.3, 0.4) is 0 Å². The first-order valence-corrected chi connectivity index (χ1v) is 6.76. The SMILES string of the molecule is Cc1cc(NS(=O)(=O)c2c(C)nn(C)c2C)no1. The summed E-state index contributed by atoms with van der Waals surface area (Å²) >= 11 is 0. The molecule has 0 amide bonds. The van der Waals surface area contributed by atoms with Crippen LogP contribution in [0.5, 0.6) is 0 Å². The van der Waals surface area contributed by atoms with Crippen molar-refractivity contribution in [3.8, 4) is 0 Å². The Hall–Kier alpha value is -1.83.